The van der Waals surface area contributed by atoms with Gasteiger partial charge in [-0.25, -0.2) is 8.78 Å². The molecule has 2 nitrogen and oxygen atoms in total. The molecule has 18 heavy (non-hydrogen) atoms. The maximum atomic E-state index is 11.8. The summed E-state index contributed by atoms with van der Waals surface area (Å²) >= 11 is 0. The number of nitrogens with one attached hydrogen (secondary N) is 1. The van der Waals surface area contributed by atoms with Gasteiger partial charge in [-0.15, -0.1) is 0 Å². The second kappa shape index (κ2) is 7.44. The van der Waals surface area contributed by atoms with Crippen molar-refractivity contribution < 1.29 is 13.5 Å². The molecular weight excluding hydrogens is 236 g/mol. The van der Waals surface area contributed by atoms with Crippen molar-refractivity contribution in [1.29, 1.82) is 0 Å². The molecule has 0 bridgehead atoms. The van der Waals surface area contributed by atoms with Crippen LogP contribution < -0.4 is 5.32 Å². The third kappa shape index (κ3) is 5.10. The van der Waals surface area contributed by atoms with Crippen molar-refractivity contribution in [3.05, 3.63) is 34.9 Å². The summed E-state index contributed by atoms with van der Waals surface area (Å²) in [5, 5.41) is 3.25. The van der Waals surface area contributed by atoms with Crippen LogP contribution in [0.15, 0.2) is 18.2 Å². The van der Waals surface area contributed by atoms with Crippen molar-refractivity contribution in [3.8, 4) is 0 Å². The Labute approximate surface area is 107 Å². The van der Waals surface area contributed by atoms with Gasteiger partial charge >= 0.3 is 0 Å². The highest BCUT2D eigenvalue weighted by Crippen LogP contribution is 2.16. The summed E-state index contributed by atoms with van der Waals surface area (Å²) in [6.45, 7) is 6.60. The monoisotopic (exact) mass is 257 g/mol. The molecule has 1 unspecified atom stereocenters. The van der Waals surface area contributed by atoms with E-state index in [9.17, 15) is 8.78 Å². The van der Waals surface area contributed by atoms with Crippen molar-refractivity contribution in [2.45, 2.75) is 33.2 Å². The van der Waals surface area contributed by atoms with Crippen LogP contribution in [0.2, 0.25) is 0 Å². The van der Waals surface area contributed by atoms with Gasteiger partial charge in [-0.3, -0.25) is 0 Å². The van der Waals surface area contributed by atoms with Crippen molar-refractivity contribution in [3.63, 3.8) is 0 Å². The Balaban J connectivity index is 2.31. The first-order chi connectivity index (χ1) is 8.50. The lowest BCUT2D eigenvalue weighted by Crippen LogP contribution is -2.24. The molecule has 102 valence electrons. The molecule has 0 heterocycles. The lowest BCUT2D eigenvalue weighted by atomic mass is 10.0. The van der Waals surface area contributed by atoms with Crippen LogP contribution >= 0.6 is 0 Å². The van der Waals surface area contributed by atoms with E-state index in [1.165, 1.54) is 16.7 Å². The maximum Gasteiger partial charge on any atom is 0.261 e. The van der Waals surface area contributed by atoms with Gasteiger partial charge in [0, 0.05) is 12.6 Å². The molecule has 0 aromatic heterocycles. The number of ether oxygens (including phenoxy) is 1. The molecule has 1 rings (SSSR count). The summed E-state index contributed by atoms with van der Waals surface area (Å²) in [6.07, 6.45) is -2.39. The number of hydrogen-bond acceptors (Lipinski definition) is 2. The summed E-state index contributed by atoms with van der Waals surface area (Å²) in [5.41, 5.74) is 3.73. The van der Waals surface area contributed by atoms with Crippen molar-refractivity contribution in [1.82, 2.24) is 5.32 Å². The number of benzene rings is 1. The van der Waals surface area contributed by atoms with Gasteiger partial charge in [-0.2, -0.15) is 0 Å². The number of aryl methyl sites for hydroxylation is 2. The van der Waals surface area contributed by atoms with Crippen LogP contribution in [0.25, 0.3) is 0 Å². The third-order valence-corrected chi connectivity index (χ3v) is 2.97. The van der Waals surface area contributed by atoms with Gasteiger partial charge in [0.25, 0.3) is 6.43 Å². The van der Waals surface area contributed by atoms with E-state index in [0.717, 1.165) is 0 Å². The zero-order chi connectivity index (χ0) is 13.5. The number of alkyl halides is 2. The summed E-state index contributed by atoms with van der Waals surface area (Å²) in [7, 11) is 0. The molecule has 0 spiro atoms. The Kier molecular flexibility index (Phi) is 6.22. The number of rotatable bonds is 7. The van der Waals surface area contributed by atoms with E-state index in [1.807, 2.05) is 0 Å². The van der Waals surface area contributed by atoms with E-state index < -0.39 is 13.0 Å². The molecule has 4 heteroatoms. The lowest BCUT2D eigenvalue weighted by molar-refractivity contribution is 0.0183. The van der Waals surface area contributed by atoms with Gasteiger partial charge in [0.2, 0.25) is 0 Å². The molecule has 1 atom stereocenters. The standard InChI is InChI=1S/C14H21F2NO/c1-10-4-5-13(8-11(10)2)12(3)17-6-7-18-9-14(15)16/h4-5,8,12,14,17H,6-7,9H2,1-3H3. The fourth-order valence-electron chi connectivity index (χ4n) is 1.67. The molecular formula is C14H21F2NO. The first-order valence-electron chi connectivity index (χ1n) is 6.17. The number of hydrogen-bond donors (Lipinski definition) is 1. The van der Waals surface area contributed by atoms with Crippen LogP contribution in [0.5, 0.6) is 0 Å². The summed E-state index contributed by atoms with van der Waals surface area (Å²) < 4.78 is 28.5. The minimum absolute atomic E-state index is 0.194. The smallest absolute Gasteiger partial charge is 0.261 e. The largest absolute Gasteiger partial charge is 0.374 e. The second-order valence-electron chi connectivity index (χ2n) is 4.49. The van der Waals surface area contributed by atoms with Crippen molar-refractivity contribution >= 4 is 0 Å². The first-order valence-corrected chi connectivity index (χ1v) is 6.17. The SMILES string of the molecule is Cc1ccc(C(C)NCCOCC(F)F)cc1C. The zero-order valence-corrected chi connectivity index (χ0v) is 11.2. The predicted molar refractivity (Wildman–Crippen MR) is 69.2 cm³/mol. The Morgan fingerprint density at radius 3 is 2.56 bits per heavy atom. The molecule has 0 saturated carbocycles. The fourth-order valence-corrected chi connectivity index (χ4v) is 1.67. The van der Waals surface area contributed by atoms with Crippen LogP contribution in [-0.2, 0) is 4.74 Å². The summed E-state index contributed by atoms with van der Waals surface area (Å²) in [5.74, 6) is 0. The molecule has 0 aliphatic rings. The minimum atomic E-state index is -2.39. The highest BCUT2D eigenvalue weighted by atomic mass is 19.3. The predicted octanol–water partition coefficient (Wildman–Crippen LogP) is 3.24. The van der Waals surface area contributed by atoms with E-state index in [1.54, 1.807) is 0 Å². The van der Waals surface area contributed by atoms with Gasteiger partial charge < -0.3 is 10.1 Å². The highest BCUT2D eigenvalue weighted by Gasteiger charge is 2.06. The van der Waals surface area contributed by atoms with Crippen LogP contribution in [0.1, 0.15) is 29.7 Å². The molecule has 1 aromatic rings. The normalized spacial score (nSPS) is 13.0. The molecule has 0 radical (unpaired) electrons. The molecule has 0 aliphatic carbocycles. The topological polar surface area (TPSA) is 21.3 Å². The molecule has 1 aromatic carbocycles. The van der Waals surface area contributed by atoms with Crippen molar-refractivity contribution in [2.24, 2.45) is 0 Å². The Bertz CT molecular complexity index is 369. The lowest BCUT2D eigenvalue weighted by Gasteiger charge is -2.15. The molecule has 0 saturated heterocycles. The van der Waals surface area contributed by atoms with Crippen LogP contribution in [0.3, 0.4) is 0 Å². The van der Waals surface area contributed by atoms with Gasteiger partial charge in [0.15, 0.2) is 0 Å². The molecule has 0 amide bonds. The van der Waals surface area contributed by atoms with E-state index in [2.05, 4.69) is 44.3 Å². The average Bonchev–Trinajstić information content (AvgIpc) is 2.31. The van der Waals surface area contributed by atoms with Crippen molar-refractivity contribution in [2.75, 3.05) is 19.8 Å². The second-order valence-corrected chi connectivity index (χ2v) is 4.49. The van der Waals surface area contributed by atoms with Crippen LogP contribution in [0.4, 0.5) is 8.78 Å². The number of halogens is 2. The Hall–Kier alpha value is -1.00. The van der Waals surface area contributed by atoms with Gasteiger partial charge in [0.1, 0.15) is 6.61 Å². The van der Waals surface area contributed by atoms with E-state index >= 15 is 0 Å². The quantitative estimate of drug-likeness (QED) is 0.757. The summed E-state index contributed by atoms with van der Waals surface area (Å²) in [6, 6.07) is 6.52. The van der Waals surface area contributed by atoms with Crippen LogP contribution in [-0.4, -0.2) is 26.2 Å². The zero-order valence-electron chi connectivity index (χ0n) is 11.2. The van der Waals surface area contributed by atoms with Crippen LogP contribution in [0, 0.1) is 13.8 Å². The van der Waals surface area contributed by atoms with Gasteiger partial charge in [0.05, 0.1) is 6.61 Å². The molecule has 0 aliphatic heterocycles. The van der Waals surface area contributed by atoms with E-state index in [0.29, 0.717) is 13.2 Å². The van der Waals surface area contributed by atoms with Gasteiger partial charge in [-0.1, -0.05) is 18.2 Å². The maximum absolute atomic E-state index is 11.8. The molecule has 0 fully saturated rings. The average molecular weight is 257 g/mol. The van der Waals surface area contributed by atoms with E-state index in [-0.39, 0.29) is 6.04 Å². The van der Waals surface area contributed by atoms with Gasteiger partial charge in [-0.05, 0) is 37.5 Å². The highest BCUT2D eigenvalue weighted by molar-refractivity contribution is 5.31. The third-order valence-electron chi connectivity index (χ3n) is 2.97. The van der Waals surface area contributed by atoms with E-state index in [4.69, 9.17) is 4.74 Å². The first kappa shape index (κ1) is 15.1. The summed E-state index contributed by atoms with van der Waals surface area (Å²) in [4.78, 5) is 0. The minimum Gasteiger partial charge on any atom is -0.374 e. The fraction of sp³-hybridized carbons (Fsp3) is 0.571. The Morgan fingerprint density at radius 1 is 1.22 bits per heavy atom. The Morgan fingerprint density at radius 2 is 1.94 bits per heavy atom. The molecule has 1 N–H and O–H groups in total.